The molecule has 3 heteroatoms. The van der Waals surface area contributed by atoms with Gasteiger partial charge < -0.3 is 4.74 Å². The highest BCUT2D eigenvalue weighted by Gasteiger charge is 2.08. The summed E-state index contributed by atoms with van der Waals surface area (Å²) in [7, 11) is 0. The van der Waals surface area contributed by atoms with Crippen molar-refractivity contribution in [1.82, 2.24) is 0 Å². The number of hydrogen-bond donors (Lipinski definition) is 0. The van der Waals surface area contributed by atoms with Crippen LogP contribution in [0.5, 0.6) is 0 Å². The largest absolute Gasteiger partial charge is 0.460 e. The molecule has 21 heavy (non-hydrogen) atoms. The van der Waals surface area contributed by atoms with E-state index in [0.29, 0.717) is 0 Å². The van der Waals surface area contributed by atoms with Crippen LogP contribution in [0.15, 0.2) is 78.3 Å². The van der Waals surface area contributed by atoms with E-state index in [2.05, 4.69) is 11.6 Å². The molecular formula is C18H17NO2. The van der Waals surface area contributed by atoms with Gasteiger partial charge in [-0.3, -0.25) is 9.79 Å². The van der Waals surface area contributed by atoms with E-state index in [-0.39, 0.29) is 19.1 Å². The maximum atomic E-state index is 11.6. The van der Waals surface area contributed by atoms with Crippen LogP contribution in [0.25, 0.3) is 0 Å². The van der Waals surface area contributed by atoms with E-state index < -0.39 is 0 Å². The van der Waals surface area contributed by atoms with Crippen LogP contribution >= 0.6 is 0 Å². The summed E-state index contributed by atoms with van der Waals surface area (Å²) in [6, 6.07) is 19.6. The maximum absolute atomic E-state index is 11.6. The summed E-state index contributed by atoms with van der Waals surface area (Å²) in [4.78, 5) is 16.0. The van der Waals surface area contributed by atoms with Crippen molar-refractivity contribution in [2.75, 3.05) is 13.2 Å². The Labute approximate surface area is 124 Å². The second-order valence-electron chi connectivity index (χ2n) is 4.37. The molecule has 0 aliphatic heterocycles. The van der Waals surface area contributed by atoms with Gasteiger partial charge in [0.25, 0.3) is 0 Å². The molecule has 2 aromatic carbocycles. The zero-order chi connectivity index (χ0) is 14.9. The Hall–Kier alpha value is -2.68. The van der Waals surface area contributed by atoms with Crippen molar-refractivity contribution in [2.45, 2.75) is 0 Å². The van der Waals surface area contributed by atoms with Crippen molar-refractivity contribution < 1.29 is 9.53 Å². The maximum Gasteiger partial charge on any atom is 0.328 e. The van der Waals surface area contributed by atoms with Crippen LogP contribution in [0.3, 0.4) is 0 Å². The third-order valence-electron chi connectivity index (χ3n) is 2.82. The molecule has 3 nitrogen and oxygen atoms in total. The minimum atomic E-state index is -0.362. The molecule has 0 unspecified atom stereocenters. The molecule has 0 saturated heterocycles. The van der Waals surface area contributed by atoms with Gasteiger partial charge in [0.05, 0.1) is 5.71 Å². The standard InChI is InChI=1S/C18H17NO2/c1-2-13-21-17(20)14-19-18(15-9-5-3-6-10-15)16-11-7-4-8-12-16/h2-12H,1,13-14H2. The van der Waals surface area contributed by atoms with E-state index >= 15 is 0 Å². The van der Waals surface area contributed by atoms with E-state index in [1.807, 2.05) is 60.7 Å². The van der Waals surface area contributed by atoms with Crippen LogP contribution in [0, 0.1) is 0 Å². The number of rotatable bonds is 6. The van der Waals surface area contributed by atoms with Gasteiger partial charge in [0.2, 0.25) is 0 Å². The zero-order valence-corrected chi connectivity index (χ0v) is 11.7. The minimum absolute atomic E-state index is 0.00698. The van der Waals surface area contributed by atoms with E-state index in [9.17, 15) is 4.79 Å². The molecule has 0 radical (unpaired) electrons. The molecule has 0 N–H and O–H groups in total. The molecule has 0 spiro atoms. The smallest absolute Gasteiger partial charge is 0.328 e. The van der Waals surface area contributed by atoms with Crippen molar-refractivity contribution in [3.63, 3.8) is 0 Å². The van der Waals surface area contributed by atoms with Gasteiger partial charge >= 0.3 is 5.97 Å². The van der Waals surface area contributed by atoms with Gasteiger partial charge in [-0.15, -0.1) is 0 Å². The molecule has 0 heterocycles. The third kappa shape index (κ3) is 4.42. The molecule has 0 saturated carbocycles. The lowest BCUT2D eigenvalue weighted by Crippen LogP contribution is -2.12. The second-order valence-corrected chi connectivity index (χ2v) is 4.37. The molecule has 0 fully saturated rings. The van der Waals surface area contributed by atoms with Gasteiger partial charge in [-0.2, -0.15) is 0 Å². The summed E-state index contributed by atoms with van der Waals surface area (Å²) >= 11 is 0. The first-order chi connectivity index (χ1) is 10.3. The van der Waals surface area contributed by atoms with Crippen LogP contribution in [0.2, 0.25) is 0 Å². The number of aliphatic imine (C=N–C) groups is 1. The summed E-state index contributed by atoms with van der Waals surface area (Å²) in [5, 5.41) is 0. The van der Waals surface area contributed by atoms with Crippen molar-refractivity contribution >= 4 is 11.7 Å². The highest BCUT2D eigenvalue weighted by atomic mass is 16.5. The van der Waals surface area contributed by atoms with Crippen molar-refractivity contribution in [3.8, 4) is 0 Å². The fourth-order valence-electron chi connectivity index (χ4n) is 1.88. The molecule has 0 bridgehead atoms. The number of carbonyl (C=O) groups excluding carboxylic acids is 1. The summed E-state index contributed by atoms with van der Waals surface area (Å²) in [5.41, 5.74) is 2.73. The first-order valence-electron chi connectivity index (χ1n) is 6.73. The molecule has 0 aromatic heterocycles. The molecule has 0 aliphatic rings. The second kappa shape index (κ2) is 7.80. The highest BCUT2D eigenvalue weighted by Crippen LogP contribution is 2.10. The minimum Gasteiger partial charge on any atom is -0.460 e. The van der Waals surface area contributed by atoms with Gasteiger partial charge in [0.15, 0.2) is 0 Å². The Morgan fingerprint density at radius 3 is 2.00 bits per heavy atom. The number of esters is 1. The number of hydrogen-bond acceptors (Lipinski definition) is 3. The number of benzene rings is 2. The SMILES string of the molecule is C=CCOC(=O)CN=C(c1ccccc1)c1ccccc1. The van der Waals surface area contributed by atoms with Crippen molar-refractivity contribution in [3.05, 3.63) is 84.4 Å². The zero-order valence-electron chi connectivity index (χ0n) is 11.7. The topological polar surface area (TPSA) is 38.7 Å². The van der Waals surface area contributed by atoms with Gasteiger partial charge in [-0.05, 0) is 0 Å². The van der Waals surface area contributed by atoms with E-state index in [1.54, 1.807) is 0 Å². The lowest BCUT2D eigenvalue weighted by atomic mass is 10.0. The Kier molecular flexibility index (Phi) is 5.47. The predicted molar refractivity (Wildman–Crippen MR) is 84.5 cm³/mol. The van der Waals surface area contributed by atoms with E-state index in [4.69, 9.17) is 4.74 Å². The Bertz CT molecular complexity index is 577. The van der Waals surface area contributed by atoms with E-state index in [0.717, 1.165) is 16.8 Å². The lowest BCUT2D eigenvalue weighted by Gasteiger charge is -2.07. The summed E-state index contributed by atoms with van der Waals surface area (Å²) in [5.74, 6) is -0.362. The van der Waals surface area contributed by atoms with Crippen LogP contribution in [-0.2, 0) is 9.53 Å². The average Bonchev–Trinajstić information content (AvgIpc) is 2.55. The third-order valence-corrected chi connectivity index (χ3v) is 2.82. The number of nitrogens with zero attached hydrogens (tertiary/aromatic N) is 1. The fourth-order valence-corrected chi connectivity index (χ4v) is 1.88. The molecule has 0 atom stereocenters. The molecule has 106 valence electrons. The molecule has 0 aliphatic carbocycles. The first kappa shape index (κ1) is 14.7. The van der Waals surface area contributed by atoms with Crippen molar-refractivity contribution in [2.24, 2.45) is 4.99 Å². The Morgan fingerprint density at radius 1 is 1.00 bits per heavy atom. The van der Waals surface area contributed by atoms with Crippen LogP contribution < -0.4 is 0 Å². The molecular weight excluding hydrogens is 262 g/mol. The summed E-state index contributed by atoms with van der Waals surface area (Å²) < 4.78 is 4.95. The van der Waals surface area contributed by atoms with Gasteiger partial charge in [-0.25, -0.2) is 0 Å². The normalized spacial score (nSPS) is 9.71. The summed E-state index contributed by atoms with van der Waals surface area (Å²) in [6.45, 7) is 3.71. The van der Waals surface area contributed by atoms with E-state index in [1.165, 1.54) is 6.08 Å². The van der Waals surface area contributed by atoms with Crippen LogP contribution in [0.4, 0.5) is 0 Å². The fraction of sp³-hybridized carbons (Fsp3) is 0.111. The summed E-state index contributed by atoms with van der Waals surface area (Å²) in [6.07, 6.45) is 1.54. The Morgan fingerprint density at radius 2 is 1.52 bits per heavy atom. The van der Waals surface area contributed by atoms with Gasteiger partial charge in [-0.1, -0.05) is 73.3 Å². The van der Waals surface area contributed by atoms with Crippen LogP contribution in [0.1, 0.15) is 11.1 Å². The number of ether oxygens (including phenoxy) is 1. The average molecular weight is 279 g/mol. The quantitative estimate of drug-likeness (QED) is 0.462. The molecule has 2 aromatic rings. The highest BCUT2D eigenvalue weighted by molar-refractivity contribution is 6.13. The lowest BCUT2D eigenvalue weighted by molar-refractivity contribution is -0.140. The first-order valence-corrected chi connectivity index (χ1v) is 6.73. The Balaban J connectivity index is 2.25. The molecule has 0 amide bonds. The van der Waals surface area contributed by atoms with Crippen LogP contribution in [-0.4, -0.2) is 24.8 Å². The monoisotopic (exact) mass is 279 g/mol. The predicted octanol–water partition coefficient (Wildman–Crippen LogP) is 3.25. The number of carbonyl (C=O) groups is 1. The van der Waals surface area contributed by atoms with Crippen molar-refractivity contribution in [1.29, 1.82) is 0 Å². The van der Waals surface area contributed by atoms with Gasteiger partial charge in [0.1, 0.15) is 13.2 Å². The van der Waals surface area contributed by atoms with Gasteiger partial charge in [0, 0.05) is 11.1 Å². The molecule has 2 rings (SSSR count).